The summed E-state index contributed by atoms with van der Waals surface area (Å²) in [6.07, 6.45) is 0.398. The van der Waals surface area contributed by atoms with Crippen LogP contribution in [0.2, 0.25) is 0 Å². The van der Waals surface area contributed by atoms with E-state index in [4.69, 9.17) is 4.74 Å². The van der Waals surface area contributed by atoms with Gasteiger partial charge in [0, 0.05) is 18.5 Å². The Labute approximate surface area is 115 Å². The van der Waals surface area contributed by atoms with Gasteiger partial charge in [0.2, 0.25) is 0 Å². The van der Waals surface area contributed by atoms with E-state index in [-0.39, 0.29) is 11.4 Å². The first-order valence-electron chi connectivity index (χ1n) is 6.41. The van der Waals surface area contributed by atoms with Gasteiger partial charge in [-0.15, -0.1) is 0 Å². The molecule has 19 heavy (non-hydrogen) atoms. The van der Waals surface area contributed by atoms with Crippen LogP contribution in [-0.2, 0) is 14.9 Å². The molecule has 0 amide bonds. The van der Waals surface area contributed by atoms with Gasteiger partial charge < -0.3 is 14.8 Å². The first-order valence-corrected chi connectivity index (χ1v) is 6.41. The van der Waals surface area contributed by atoms with Crippen molar-refractivity contribution in [1.82, 2.24) is 5.32 Å². The molecule has 0 saturated carbocycles. The number of ether oxygens (including phenoxy) is 2. The SMILES string of the molecule is COC(=O)CCNCC(C)(C)c1ccc(OC)cc1. The summed E-state index contributed by atoms with van der Waals surface area (Å²) >= 11 is 0. The minimum atomic E-state index is -0.185. The molecule has 0 aliphatic rings. The zero-order chi connectivity index (χ0) is 14.3. The molecular formula is C15H23NO3. The second-order valence-electron chi connectivity index (χ2n) is 5.12. The normalized spacial score (nSPS) is 11.2. The molecule has 0 saturated heterocycles. The zero-order valence-electron chi connectivity index (χ0n) is 12.2. The Morgan fingerprint density at radius 2 is 1.84 bits per heavy atom. The Hall–Kier alpha value is -1.55. The van der Waals surface area contributed by atoms with E-state index in [1.165, 1.54) is 12.7 Å². The predicted molar refractivity (Wildman–Crippen MR) is 75.5 cm³/mol. The van der Waals surface area contributed by atoms with Gasteiger partial charge in [0.05, 0.1) is 20.6 Å². The van der Waals surface area contributed by atoms with Crippen LogP contribution in [0.5, 0.6) is 5.75 Å². The van der Waals surface area contributed by atoms with Crippen molar-refractivity contribution in [2.45, 2.75) is 25.7 Å². The summed E-state index contributed by atoms with van der Waals surface area (Å²) < 4.78 is 9.75. The Morgan fingerprint density at radius 3 is 2.37 bits per heavy atom. The predicted octanol–water partition coefficient (Wildman–Crippen LogP) is 2.13. The van der Waals surface area contributed by atoms with E-state index in [2.05, 4.69) is 36.0 Å². The molecule has 0 aliphatic carbocycles. The van der Waals surface area contributed by atoms with Crippen LogP contribution in [0.15, 0.2) is 24.3 Å². The maximum absolute atomic E-state index is 11.0. The van der Waals surface area contributed by atoms with Gasteiger partial charge in [-0.3, -0.25) is 4.79 Å². The third kappa shape index (κ3) is 4.91. The number of esters is 1. The van der Waals surface area contributed by atoms with E-state index < -0.39 is 0 Å². The summed E-state index contributed by atoms with van der Waals surface area (Å²) in [4.78, 5) is 11.0. The molecule has 0 radical (unpaired) electrons. The molecule has 106 valence electrons. The van der Waals surface area contributed by atoms with Crippen molar-refractivity contribution >= 4 is 5.97 Å². The maximum atomic E-state index is 11.0. The van der Waals surface area contributed by atoms with E-state index in [0.717, 1.165) is 12.3 Å². The third-order valence-electron chi connectivity index (χ3n) is 3.17. The van der Waals surface area contributed by atoms with Gasteiger partial charge in [0.15, 0.2) is 0 Å². The highest BCUT2D eigenvalue weighted by Crippen LogP contribution is 2.24. The number of benzene rings is 1. The van der Waals surface area contributed by atoms with Crippen molar-refractivity contribution in [1.29, 1.82) is 0 Å². The molecule has 0 bridgehead atoms. The van der Waals surface area contributed by atoms with Gasteiger partial charge in [-0.2, -0.15) is 0 Å². The molecule has 0 spiro atoms. The fraction of sp³-hybridized carbons (Fsp3) is 0.533. The molecule has 4 heteroatoms. The minimum Gasteiger partial charge on any atom is -0.497 e. The Kier molecular flexibility index (Phi) is 5.83. The fourth-order valence-electron chi connectivity index (χ4n) is 1.84. The monoisotopic (exact) mass is 265 g/mol. The molecule has 0 unspecified atom stereocenters. The standard InChI is InChI=1S/C15H23NO3/c1-15(2,11-16-10-9-14(17)19-4)12-5-7-13(18-3)8-6-12/h5-8,16H,9-11H2,1-4H3. The molecule has 1 rings (SSSR count). The highest BCUT2D eigenvalue weighted by Gasteiger charge is 2.20. The second kappa shape index (κ2) is 7.14. The van der Waals surface area contributed by atoms with Crippen molar-refractivity contribution in [3.05, 3.63) is 29.8 Å². The van der Waals surface area contributed by atoms with Crippen LogP contribution in [-0.4, -0.2) is 33.3 Å². The van der Waals surface area contributed by atoms with E-state index >= 15 is 0 Å². The number of hydrogen-bond acceptors (Lipinski definition) is 4. The van der Waals surface area contributed by atoms with Gasteiger partial charge in [-0.25, -0.2) is 0 Å². The molecule has 0 fully saturated rings. The smallest absolute Gasteiger partial charge is 0.306 e. The molecule has 0 aliphatic heterocycles. The average Bonchev–Trinajstić information content (AvgIpc) is 2.43. The fourth-order valence-corrected chi connectivity index (χ4v) is 1.84. The zero-order valence-corrected chi connectivity index (χ0v) is 12.2. The van der Waals surface area contributed by atoms with Crippen molar-refractivity contribution < 1.29 is 14.3 Å². The molecule has 4 nitrogen and oxygen atoms in total. The Bertz CT molecular complexity index is 398. The quantitative estimate of drug-likeness (QED) is 0.606. The second-order valence-corrected chi connectivity index (χ2v) is 5.12. The summed E-state index contributed by atoms with van der Waals surface area (Å²) in [5, 5.41) is 3.29. The van der Waals surface area contributed by atoms with Crippen LogP contribution in [0.4, 0.5) is 0 Å². The van der Waals surface area contributed by atoms with Gasteiger partial charge in [-0.1, -0.05) is 26.0 Å². The van der Waals surface area contributed by atoms with Gasteiger partial charge in [-0.05, 0) is 17.7 Å². The lowest BCUT2D eigenvalue weighted by Gasteiger charge is -2.26. The topological polar surface area (TPSA) is 47.6 Å². The van der Waals surface area contributed by atoms with Crippen LogP contribution in [0.25, 0.3) is 0 Å². The van der Waals surface area contributed by atoms with Crippen LogP contribution in [0.1, 0.15) is 25.8 Å². The van der Waals surface area contributed by atoms with Crippen LogP contribution in [0.3, 0.4) is 0 Å². The van der Waals surface area contributed by atoms with Gasteiger partial charge in [0.25, 0.3) is 0 Å². The summed E-state index contributed by atoms with van der Waals surface area (Å²) in [6, 6.07) is 8.07. The number of hydrogen-bond donors (Lipinski definition) is 1. The summed E-state index contributed by atoms with van der Waals surface area (Å²) in [6.45, 7) is 5.77. The highest BCUT2D eigenvalue weighted by atomic mass is 16.5. The van der Waals surface area contributed by atoms with Crippen LogP contribution >= 0.6 is 0 Å². The lowest BCUT2D eigenvalue weighted by atomic mass is 9.84. The molecule has 0 aromatic heterocycles. The highest BCUT2D eigenvalue weighted by molar-refractivity contribution is 5.69. The van der Waals surface area contributed by atoms with E-state index in [0.29, 0.717) is 13.0 Å². The summed E-state index contributed by atoms with van der Waals surface area (Å²) in [5.74, 6) is 0.674. The van der Waals surface area contributed by atoms with Crippen molar-refractivity contribution in [2.24, 2.45) is 0 Å². The number of nitrogens with one attached hydrogen (secondary N) is 1. The number of methoxy groups -OCH3 is 2. The third-order valence-corrected chi connectivity index (χ3v) is 3.17. The lowest BCUT2D eigenvalue weighted by molar-refractivity contribution is -0.140. The van der Waals surface area contributed by atoms with E-state index in [9.17, 15) is 4.79 Å². The van der Waals surface area contributed by atoms with E-state index in [1.807, 2.05) is 12.1 Å². The number of rotatable bonds is 7. The summed E-state index contributed by atoms with van der Waals surface area (Å²) in [5.41, 5.74) is 1.24. The van der Waals surface area contributed by atoms with Gasteiger partial charge >= 0.3 is 5.97 Å². The molecule has 0 atom stereocenters. The maximum Gasteiger partial charge on any atom is 0.306 e. The van der Waals surface area contributed by atoms with Crippen molar-refractivity contribution in [2.75, 3.05) is 27.3 Å². The Balaban J connectivity index is 2.47. The largest absolute Gasteiger partial charge is 0.497 e. The van der Waals surface area contributed by atoms with Crippen molar-refractivity contribution in [3.63, 3.8) is 0 Å². The van der Waals surface area contributed by atoms with Gasteiger partial charge in [0.1, 0.15) is 5.75 Å². The molecular weight excluding hydrogens is 242 g/mol. The first kappa shape index (κ1) is 15.5. The molecule has 1 aromatic rings. The van der Waals surface area contributed by atoms with E-state index in [1.54, 1.807) is 7.11 Å². The molecule has 1 aromatic carbocycles. The number of carbonyl (C=O) groups excluding carboxylic acids is 1. The lowest BCUT2D eigenvalue weighted by Crippen LogP contribution is -2.34. The number of carbonyl (C=O) groups is 1. The summed E-state index contributed by atoms with van der Waals surface area (Å²) in [7, 11) is 3.07. The van der Waals surface area contributed by atoms with Crippen molar-refractivity contribution in [3.8, 4) is 5.75 Å². The molecule has 0 heterocycles. The van der Waals surface area contributed by atoms with Crippen LogP contribution in [0, 0.1) is 0 Å². The Morgan fingerprint density at radius 1 is 1.21 bits per heavy atom. The molecule has 1 N–H and O–H groups in total. The minimum absolute atomic E-state index is 0.00237. The first-order chi connectivity index (χ1) is 8.99. The average molecular weight is 265 g/mol. The van der Waals surface area contributed by atoms with Crippen LogP contribution < -0.4 is 10.1 Å².